The molecule has 0 heteroatoms. The number of allylic oxidation sites excluding steroid dienone is 7. The van der Waals surface area contributed by atoms with Crippen LogP contribution in [-0.2, 0) is 0 Å². The molecule has 0 radical (unpaired) electrons. The molecule has 0 saturated heterocycles. The highest BCUT2D eigenvalue weighted by Gasteiger charge is 2.04. The summed E-state index contributed by atoms with van der Waals surface area (Å²) < 4.78 is 0. The molecular weight excluding hydrogens is 192 g/mol. The summed E-state index contributed by atoms with van der Waals surface area (Å²) in [7, 11) is 0. The fraction of sp³-hybridized carbons (Fsp3) is 0.500. The Labute approximate surface area is 100 Å². The van der Waals surface area contributed by atoms with Crippen LogP contribution >= 0.6 is 0 Å². The lowest BCUT2D eigenvalue weighted by molar-refractivity contribution is 0.501. The van der Waals surface area contributed by atoms with E-state index in [0.29, 0.717) is 0 Å². The van der Waals surface area contributed by atoms with Gasteiger partial charge in [0.2, 0.25) is 0 Å². The molecule has 1 aliphatic rings. The quantitative estimate of drug-likeness (QED) is 0.605. The topological polar surface area (TPSA) is 0 Å². The zero-order valence-corrected chi connectivity index (χ0v) is 10.5. The lowest BCUT2D eigenvalue weighted by Crippen LogP contribution is -1.97. The average Bonchev–Trinajstić information content (AvgIpc) is 2.33. The summed E-state index contributed by atoms with van der Waals surface area (Å²) in [6, 6.07) is 0. The molecule has 1 aliphatic carbocycles. The van der Waals surface area contributed by atoms with Gasteiger partial charge in [0.1, 0.15) is 0 Å². The fourth-order valence-corrected chi connectivity index (χ4v) is 2.09. The number of unbranched alkanes of at least 4 members (excludes halogenated alkanes) is 1. The summed E-state index contributed by atoms with van der Waals surface area (Å²) in [6.07, 6.45) is 20.7. The van der Waals surface area contributed by atoms with Crippen LogP contribution in [0.5, 0.6) is 0 Å². The maximum absolute atomic E-state index is 3.86. The molecule has 1 rings (SSSR count). The van der Waals surface area contributed by atoms with Crippen molar-refractivity contribution in [2.75, 3.05) is 0 Å². The Morgan fingerprint density at radius 3 is 3.00 bits per heavy atom. The van der Waals surface area contributed by atoms with E-state index in [-0.39, 0.29) is 0 Å². The molecule has 1 atom stereocenters. The van der Waals surface area contributed by atoms with Gasteiger partial charge in [-0.3, -0.25) is 0 Å². The van der Waals surface area contributed by atoms with Gasteiger partial charge in [-0.05, 0) is 37.2 Å². The smallest absolute Gasteiger partial charge is 0.0230 e. The van der Waals surface area contributed by atoms with Gasteiger partial charge in [-0.25, -0.2) is 0 Å². The molecule has 0 aliphatic heterocycles. The van der Waals surface area contributed by atoms with Crippen LogP contribution in [0.4, 0.5) is 0 Å². The molecule has 0 spiro atoms. The highest BCUT2D eigenvalue weighted by atomic mass is 14.1. The van der Waals surface area contributed by atoms with Crippen molar-refractivity contribution in [2.24, 2.45) is 5.92 Å². The van der Waals surface area contributed by atoms with Gasteiger partial charge in [0.05, 0.1) is 0 Å². The molecule has 0 bridgehead atoms. The van der Waals surface area contributed by atoms with E-state index in [1.54, 1.807) is 0 Å². The minimum absolute atomic E-state index is 0.772. The third-order valence-corrected chi connectivity index (χ3v) is 3.15. The molecule has 0 aromatic carbocycles. The van der Waals surface area contributed by atoms with Crippen molar-refractivity contribution in [1.29, 1.82) is 0 Å². The maximum Gasteiger partial charge on any atom is -0.0230 e. The summed E-state index contributed by atoms with van der Waals surface area (Å²) >= 11 is 0. The Bertz CT molecular complexity index is 278. The second kappa shape index (κ2) is 8.15. The lowest BCUT2D eigenvalue weighted by atomic mass is 9.93. The van der Waals surface area contributed by atoms with Crippen molar-refractivity contribution in [3.63, 3.8) is 0 Å². The van der Waals surface area contributed by atoms with Crippen LogP contribution in [0.3, 0.4) is 0 Å². The Balaban J connectivity index is 2.54. The van der Waals surface area contributed by atoms with Gasteiger partial charge in [-0.2, -0.15) is 0 Å². The summed E-state index contributed by atoms with van der Waals surface area (Å²) in [5.74, 6) is 0.772. The van der Waals surface area contributed by atoms with Gasteiger partial charge in [0.25, 0.3) is 0 Å². The number of hydrogen-bond donors (Lipinski definition) is 0. The zero-order chi connectivity index (χ0) is 11.6. The molecule has 0 saturated carbocycles. The Morgan fingerprint density at radius 2 is 2.25 bits per heavy atom. The van der Waals surface area contributed by atoms with E-state index in [1.807, 2.05) is 6.08 Å². The predicted octanol–water partition coefficient (Wildman–Crippen LogP) is 5.20. The second-order valence-corrected chi connectivity index (χ2v) is 4.51. The van der Waals surface area contributed by atoms with Crippen LogP contribution in [0, 0.1) is 5.92 Å². The molecule has 0 amide bonds. The molecule has 0 aromatic heterocycles. The SMILES string of the molecule is C=CC1=CC=CC=CC(CCCC)CCC1. The largest absolute Gasteiger partial charge is 0.0988 e. The Kier molecular flexibility index (Phi) is 6.64. The zero-order valence-electron chi connectivity index (χ0n) is 10.5. The van der Waals surface area contributed by atoms with Crippen LogP contribution in [0.2, 0.25) is 0 Å². The molecule has 88 valence electrons. The standard InChI is InChI=1S/C16H24/c1-3-5-10-16-12-8-6-7-11-15(4-2)13-9-14-16/h4,6-8,11-12,16H,2-3,5,9-10,13-14H2,1H3. The van der Waals surface area contributed by atoms with Crippen LogP contribution in [0.25, 0.3) is 0 Å². The lowest BCUT2D eigenvalue weighted by Gasteiger charge is -2.12. The maximum atomic E-state index is 3.86. The molecule has 0 aromatic rings. The van der Waals surface area contributed by atoms with E-state index in [9.17, 15) is 0 Å². The molecule has 0 fully saturated rings. The van der Waals surface area contributed by atoms with Crippen molar-refractivity contribution in [1.82, 2.24) is 0 Å². The summed E-state index contributed by atoms with van der Waals surface area (Å²) in [6.45, 7) is 6.13. The summed E-state index contributed by atoms with van der Waals surface area (Å²) in [5, 5.41) is 0. The van der Waals surface area contributed by atoms with Crippen molar-refractivity contribution in [2.45, 2.75) is 45.4 Å². The van der Waals surface area contributed by atoms with Gasteiger partial charge in [0, 0.05) is 0 Å². The first-order valence-electron chi connectivity index (χ1n) is 6.53. The molecule has 16 heavy (non-hydrogen) atoms. The van der Waals surface area contributed by atoms with Crippen molar-refractivity contribution in [3.8, 4) is 0 Å². The minimum atomic E-state index is 0.772. The van der Waals surface area contributed by atoms with Crippen LogP contribution in [-0.4, -0.2) is 0 Å². The van der Waals surface area contributed by atoms with Crippen LogP contribution < -0.4 is 0 Å². The Morgan fingerprint density at radius 1 is 1.38 bits per heavy atom. The highest BCUT2D eigenvalue weighted by molar-refractivity contribution is 5.24. The first kappa shape index (κ1) is 13.0. The monoisotopic (exact) mass is 216 g/mol. The second-order valence-electron chi connectivity index (χ2n) is 4.51. The minimum Gasteiger partial charge on any atom is -0.0988 e. The van der Waals surface area contributed by atoms with Gasteiger partial charge in [-0.1, -0.05) is 62.8 Å². The molecule has 0 N–H and O–H groups in total. The third-order valence-electron chi connectivity index (χ3n) is 3.15. The van der Waals surface area contributed by atoms with E-state index >= 15 is 0 Å². The van der Waals surface area contributed by atoms with Crippen molar-refractivity contribution in [3.05, 3.63) is 48.6 Å². The van der Waals surface area contributed by atoms with E-state index in [4.69, 9.17) is 0 Å². The van der Waals surface area contributed by atoms with Crippen LogP contribution in [0.15, 0.2) is 48.6 Å². The highest BCUT2D eigenvalue weighted by Crippen LogP contribution is 2.20. The summed E-state index contributed by atoms with van der Waals surface area (Å²) in [5.41, 5.74) is 1.36. The average molecular weight is 216 g/mol. The molecular formula is C16H24. The molecule has 1 unspecified atom stereocenters. The van der Waals surface area contributed by atoms with Crippen LogP contribution in [0.1, 0.15) is 45.4 Å². The first-order chi connectivity index (χ1) is 7.86. The van der Waals surface area contributed by atoms with Crippen molar-refractivity contribution >= 4 is 0 Å². The number of hydrogen-bond acceptors (Lipinski definition) is 0. The third kappa shape index (κ3) is 5.16. The van der Waals surface area contributed by atoms with E-state index in [2.05, 4.69) is 43.9 Å². The van der Waals surface area contributed by atoms with E-state index < -0.39 is 0 Å². The van der Waals surface area contributed by atoms with E-state index in [1.165, 1.54) is 44.1 Å². The van der Waals surface area contributed by atoms with Gasteiger partial charge < -0.3 is 0 Å². The Hall–Kier alpha value is -1.04. The fourth-order valence-electron chi connectivity index (χ4n) is 2.09. The number of rotatable bonds is 4. The van der Waals surface area contributed by atoms with E-state index in [0.717, 1.165) is 5.92 Å². The molecule has 0 nitrogen and oxygen atoms in total. The summed E-state index contributed by atoms with van der Waals surface area (Å²) in [4.78, 5) is 0. The van der Waals surface area contributed by atoms with Gasteiger partial charge in [0.15, 0.2) is 0 Å². The van der Waals surface area contributed by atoms with Gasteiger partial charge >= 0.3 is 0 Å². The van der Waals surface area contributed by atoms with Crippen molar-refractivity contribution < 1.29 is 0 Å². The predicted molar refractivity (Wildman–Crippen MR) is 73.4 cm³/mol. The first-order valence-corrected chi connectivity index (χ1v) is 6.53. The molecule has 0 heterocycles. The van der Waals surface area contributed by atoms with Gasteiger partial charge in [-0.15, -0.1) is 0 Å². The normalized spacial score (nSPS) is 21.6.